The van der Waals surface area contributed by atoms with Crippen molar-refractivity contribution < 1.29 is 9.13 Å². The molecule has 1 saturated heterocycles. The van der Waals surface area contributed by atoms with Crippen molar-refractivity contribution in [2.75, 3.05) is 25.1 Å². The summed E-state index contributed by atoms with van der Waals surface area (Å²) in [7, 11) is 2.02. The van der Waals surface area contributed by atoms with Crippen molar-refractivity contribution in [1.29, 1.82) is 0 Å². The number of nitrogens with zero attached hydrogens (tertiary/aromatic N) is 1. The van der Waals surface area contributed by atoms with Gasteiger partial charge in [0.25, 0.3) is 0 Å². The van der Waals surface area contributed by atoms with Gasteiger partial charge in [-0.25, -0.2) is 4.39 Å². The molecule has 3 nitrogen and oxygen atoms in total. The first-order chi connectivity index (χ1) is 9.11. The van der Waals surface area contributed by atoms with Crippen molar-refractivity contribution >= 4 is 5.69 Å². The van der Waals surface area contributed by atoms with Crippen LogP contribution in [0, 0.1) is 5.82 Å². The van der Waals surface area contributed by atoms with Gasteiger partial charge in [0.1, 0.15) is 5.82 Å². The lowest BCUT2D eigenvalue weighted by atomic mass is 10.1. The molecule has 1 N–H and O–H groups in total. The molecular weight excluding hydrogens is 243 g/mol. The number of likely N-dealkylation sites (N-methyl/N-ethyl adjacent to an activating group) is 1. The summed E-state index contributed by atoms with van der Waals surface area (Å²) < 4.78 is 19.3. The van der Waals surface area contributed by atoms with Crippen LogP contribution in [0.3, 0.4) is 0 Å². The van der Waals surface area contributed by atoms with Crippen LogP contribution >= 0.6 is 0 Å². The predicted molar refractivity (Wildman–Crippen MR) is 76.0 cm³/mol. The maximum atomic E-state index is 13.7. The Labute approximate surface area is 114 Å². The zero-order chi connectivity index (χ0) is 13.8. The standard InChI is InChI=1S/C15H23FN2O/c1-4-17-10-12-7-13(16)9-14(8-12)18(3)15-5-6-19-11(15)2/h7-9,11,15,17H,4-6,10H2,1-3H3. The van der Waals surface area contributed by atoms with Crippen molar-refractivity contribution in [2.24, 2.45) is 0 Å². The molecule has 0 aromatic heterocycles. The monoisotopic (exact) mass is 266 g/mol. The molecule has 1 aromatic rings. The zero-order valence-electron chi connectivity index (χ0n) is 11.9. The zero-order valence-corrected chi connectivity index (χ0v) is 11.9. The minimum atomic E-state index is -0.177. The van der Waals surface area contributed by atoms with Crippen LogP contribution in [0.15, 0.2) is 18.2 Å². The maximum Gasteiger partial charge on any atom is 0.125 e. The van der Waals surface area contributed by atoms with E-state index in [-0.39, 0.29) is 11.9 Å². The fourth-order valence-corrected chi connectivity index (χ4v) is 2.63. The minimum Gasteiger partial charge on any atom is -0.376 e. The van der Waals surface area contributed by atoms with Gasteiger partial charge in [0.2, 0.25) is 0 Å². The van der Waals surface area contributed by atoms with E-state index in [2.05, 4.69) is 23.2 Å². The molecule has 0 bridgehead atoms. The van der Waals surface area contributed by atoms with Crippen LogP contribution in [-0.4, -0.2) is 32.3 Å². The Morgan fingerprint density at radius 3 is 2.84 bits per heavy atom. The first kappa shape index (κ1) is 14.3. The first-order valence-corrected chi connectivity index (χ1v) is 6.96. The lowest BCUT2D eigenvalue weighted by Gasteiger charge is -2.29. The van der Waals surface area contributed by atoms with Gasteiger partial charge in [-0.3, -0.25) is 0 Å². The molecule has 1 aliphatic heterocycles. The summed E-state index contributed by atoms with van der Waals surface area (Å²) in [5, 5.41) is 3.23. The highest BCUT2D eigenvalue weighted by Gasteiger charge is 2.28. The molecule has 0 amide bonds. The summed E-state index contributed by atoms with van der Waals surface area (Å²) in [6, 6.07) is 5.57. The molecule has 4 heteroatoms. The van der Waals surface area contributed by atoms with E-state index in [1.54, 1.807) is 12.1 Å². The SMILES string of the molecule is CCNCc1cc(F)cc(N(C)C2CCOC2C)c1. The molecule has 1 aromatic carbocycles. The molecule has 0 spiro atoms. The summed E-state index contributed by atoms with van der Waals surface area (Å²) in [5.41, 5.74) is 1.91. The third-order valence-corrected chi connectivity index (χ3v) is 3.76. The Bertz CT molecular complexity index is 425. The van der Waals surface area contributed by atoms with Crippen molar-refractivity contribution in [3.05, 3.63) is 29.6 Å². The summed E-state index contributed by atoms with van der Waals surface area (Å²) in [5.74, 6) is -0.177. The number of halogens is 1. The molecule has 106 valence electrons. The van der Waals surface area contributed by atoms with Gasteiger partial charge >= 0.3 is 0 Å². The van der Waals surface area contributed by atoms with Crippen LogP contribution < -0.4 is 10.2 Å². The molecule has 0 saturated carbocycles. The Kier molecular flexibility index (Phi) is 4.77. The number of rotatable bonds is 5. The number of ether oxygens (including phenoxy) is 1. The van der Waals surface area contributed by atoms with E-state index in [1.807, 2.05) is 14.0 Å². The molecule has 1 aliphatic rings. The third kappa shape index (κ3) is 3.45. The maximum absolute atomic E-state index is 13.7. The van der Waals surface area contributed by atoms with E-state index in [0.29, 0.717) is 12.6 Å². The second-order valence-corrected chi connectivity index (χ2v) is 5.14. The summed E-state index contributed by atoms with van der Waals surface area (Å²) in [6.07, 6.45) is 1.20. The van der Waals surface area contributed by atoms with Crippen molar-refractivity contribution in [3.63, 3.8) is 0 Å². The van der Waals surface area contributed by atoms with Gasteiger partial charge < -0.3 is 15.0 Å². The van der Waals surface area contributed by atoms with Gasteiger partial charge in [-0.1, -0.05) is 6.92 Å². The third-order valence-electron chi connectivity index (χ3n) is 3.76. The van der Waals surface area contributed by atoms with Crippen LogP contribution in [0.5, 0.6) is 0 Å². The van der Waals surface area contributed by atoms with Gasteiger partial charge in [-0.15, -0.1) is 0 Å². The molecule has 1 heterocycles. The summed E-state index contributed by atoms with van der Waals surface area (Å²) in [6.45, 7) is 6.49. The second kappa shape index (κ2) is 6.35. The van der Waals surface area contributed by atoms with E-state index >= 15 is 0 Å². The van der Waals surface area contributed by atoms with Crippen molar-refractivity contribution in [1.82, 2.24) is 5.32 Å². The van der Waals surface area contributed by atoms with E-state index in [0.717, 1.165) is 30.8 Å². The van der Waals surface area contributed by atoms with Gasteiger partial charge in [-0.05, 0) is 43.7 Å². The summed E-state index contributed by atoms with van der Waals surface area (Å²) >= 11 is 0. The van der Waals surface area contributed by atoms with Crippen LogP contribution in [0.1, 0.15) is 25.8 Å². The first-order valence-electron chi connectivity index (χ1n) is 6.96. The molecule has 1 fully saturated rings. The lowest BCUT2D eigenvalue weighted by Crippen LogP contribution is -2.36. The van der Waals surface area contributed by atoms with Gasteiger partial charge in [0.15, 0.2) is 0 Å². The molecular formula is C15H23FN2O. The number of hydrogen-bond donors (Lipinski definition) is 1. The number of hydrogen-bond acceptors (Lipinski definition) is 3. The molecule has 2 rings (SSSR count). The van der Waals surface area contributed by atoms with Gasteiger partial charge in [0.05, 0.1) is 12.1 Å². The quantitative estimate of drug-likeness (QED) is 0.886. The normalized spacial score (nSPS) is 22.7. The van der Waals surface area contributed by atoms with E-state index in [1.165, 1.54) is 0 Å². The topological polar surface area (TPSA) is 24.5 Å². The molecule has 0 aliphatic carbocycles. The van der Waals surface area contributed by atoms with E-state index in [9.17, 15) is 4.39 Å². The Morgan fingerprint density at radius 2 is 2.21 bits per heavy atom. The predicted octanol–water partition coefficient (Wildman–Crippen LogP) is 2.55. The van der Waals surface area contributed by atoms with E-state index < -0.39 is 0 Å². The fraction of sp³-hybridized carbons (Fsp3) is 0.600. The Balaban J connectivity index is 2.16. The highest BCUT2D eigenvalue weighted by molar-refractivity contribution is 5.49. The van der Waals surface area contributed by atoms with Gasteiger partial charge in [0, 0.05) is 25.9 Å². The number of nitrogens with one attached hydrogen (secondary N) is 1. The average Bonchev–Trinajstić information content (AvgIpc) is 2.81. The highest BCUT2D eigenvalue weighted by atomic mass is 19.1. The van der Waals surface area contributed by atoms with E-state index in [4.69, 9.17) is 4.74 Å². The smallest absolute Gasteiger partial charge is 0.125 e. The minimum absolute atomic E-state index is 0.177. The summed E-state index contributed by atoms with van der Waals surface area (Å²) in [4.78, 5) is 2.14. The average molecular weight is 266 g/mol. The molecule has 0 radical (unpaired) electrons. The Morgan fingerprint density at radius 1 is 1.42 bits per heavy atom. The second-order valence-electron chi connectivity index (χ2n) is 5.14. The van der Waals surface area contributed by atoms with Crippen LogP contribution in [0.2, 0.25) is 0 Å². The number of anilines is 1. The fourth-order valence-electron chi connectivity index (χ4n) is 2.63. The highest BCUT2D eigenvalue weighted by Crippen LogP contribution is 2.25. The van der Waals surface area contributed by atoms with Crippen LogP contribution in [0.4, 0.5) is 10.1 Å². The van der Waals surface area contributed by atoms with Crippen LogP contribution in [-0.2, 0) is 11.3 Å². The van der Waals surface area contributed by atoms with Gasteiger partial charge in [-0.2, -0.15) is 0 Å². The number of benzene rings is 1. The van der Waals surface area contributed by atoms with Crippen molar-refractivity contribution in [2.45, 2.75) is 39.0 Å². The molecule has 2 atom stereocenters. The molecule has 2 unspecified atom stereocenters. The molecule has 19 heavy (non-hydrogen) atoms. The van der Waals surface area contributed by atoms with Crippen LogP contribution in [0.25, 0.3) is 0 Å². The Hall–Kier alpha value is -1.13. The lowest BCUT2D eigenvalue weighted by molar-refractivity contribution is 0.118. The van der Waals surface area contributed by atoms with Crippen molar-refractivity contribution in [3.8, 4) is 0 Å². The largest absolute Gasteiger partial charge is 0.376 e.